The van der Waals surface area contributed by atoms with Crippen molar-refractivity contribution in [3.8, 4) is 0 Å². The molecule has 3 heteroatoms. The number of hydrogen-bond donors (Lipinski definition) is 2. The quantitative estimate of drug-likeness (QED) is 0.853. The van der Waals surface area contributed by atoms with Crippen molar-refractivity contribution in [1.29, 1.82) is 0 Å². The third-order valence-electron chi connectivity index (χ3n) is 4.14. The van der Waals surface area contributed by atoms with Crippen LogP contribution in [-0.4, -0.2) is 11.7 Å². The molecule has 0 amide bonds. The van der Waals surface area contributed by atoms with Gasteiger partial charge in [0.2, 0.25) is 0 Å². The molecule has 90 valence electrons. The van der Waals surface area contributed by atoms with Gasteiger partial charge in [0.1, 0.15) is 5.58 Å². The molecular formula is C14H17NO2. The minimum Gasteiger partial charge on any atom is -0.464 e. The molecule has 3 rings (SSSR count). The molecule has 1 saturated carbocycles. The van der Waals surface area contributed by atoms with E-state index in [2.05, 4.69) is 0 Å². The molecule has 0 radical (unpaired) electrons. The van der Waals surface area contributed by atoms with Gasteiger partial charge in [-0.2, -0.15) is 0 Å². The first-order valence-electron chi connectivity index (χ1n) is 6.11. The van der Waals surface area contributed by atoms with E-state index in [-0.39, 0.29) is 5.41 Å². The fourth-order valence-corrected chi connectivity index (χ4v) is 2.76. The lowest BCUT2D eigenvalue weighted by Gasteiger charge is -2.44. The third kappa shape index (κ3) is 1.50. The van der Waals surface area contributed by atoms with Crippen LogP contribution >= 0.6 is 0 Å². The maximum absolute atomic E-state index is 10.5. The lowest BCUT2D eigenvalue weighted by Crippen LogP contribution is -2.42. The van der Waals surface area contributed by atoms with Gasteiger partial charge < -0.3 is 15.3 Å². The first-order chi connectivity index (χ1) is 8.27. The number of hydrogen-bond acceptors (Lipinski definition) is 3. The second kappa shape index (κ2) is 3.86. The van der Waals surface area contributed by atoms with E-state index in [4.69, 9.17) is 10.2 Å². The Hall–Kier alpha value is -1.32. The Morgan fingerprint density at radius 2 is 2.12 bits per heavy atom. The van der Waals surface area contributed by atoms with Crippen molar-refractivity contribution in [2.45, 2.75) is 25.4 Å². The Morgan fingerprint density at radius 3 is 2.76 bits per heavy atom. The van der Waals surface area contributed by atoms with Crippen LogP contribution in [0, 0.1) is 5.41 Å². The molecular weight excluding hydrogens is 214 g/mol. The van der Waals surface area contributed by atoms with E-state index in [9.17, 15) is 5.11 Å². The van der Waals surface area contributed by atoms with Crippen molar-refractivity contribution >= 4 is 11.0 Å². The molecule has 3 N–H and O–H groups in total. The Kier molecular flexibility index (Phi) is 2.45. The summed E-state index contributed by atoms with van der Waals surface area (Å²) in [6, 6.07) is 7.80. The largest absolute Gasteiger partial charge is 0.464 e. The second-order valence-electron chi connectivity index (χ2n) is 5.01. The number of fused-ring (bicyclic) bond motifs is 1. The topological polar surface area (TPSA) is 59.4 Å². The number of furan rings is 1. The molecule has 0 spiro atoms. The summed E-state index contributed by atoms with van der Waals surface area (Å²) >= 11 is 0. The summed E-state index contributed by atoms with van der Waals surface area (Å²) in [7, 11) is 0. The van der Waals surface area contributed by atoms with Gasteiger partial charge in [-0.25, -0.2) is 0 Å². The van der Waals surface area contributed by atoms with Crippen LogP contribution in [0.15, 0.2) is 34.9 Å². The van der Waals surface area contributed by atoms with Gasteiger partial charge in [-0.05, 0) is 18.9 Å². The fraction of sp³-hybridized carbons (Fsp3) is 0.429. The van der Waals surface area contributed by atoms with Crippen molar-refractivity contribution in [2.24, 2.45) is 11.1 Å². The van der Waals surface area contributed by atoms with Crippen LogP contribution in [0.25, 0.3) is 11.0 Å². The smallest absolute Gasteiger partial charge is 0.134 e. The van der Waals surface area contributed by atoms with E-state index in [1.807, 2.05) is 24.3 Å². The van der Waals surface area contributed by atoms with E-state index >= 15 is 0 Å². The van der Waals surface area contributed by atoms with Crippen molar-refractivity contribution in [1.82, 2.24) is 0 Å². The van der Waals surface area contributed by atoms with Crippen LogP contribution in [0.4, 0.5) is 0 Å². The Morgan fingerprint density at radius 1 is 1.35 bits per heavy atom. The first kappa shape index (κ1) is 10.8. The summed E-state index contributed by atoms with van der Waals surface area (Å²) in [5, 5.41) is 11.5. The highest BCUT2D eigenvalue weighted by Gasteiger charge is 2.43. The Labute approximate surface area is 100 Å². The SMILES string of the molecule is NCC1(C(O)c2coc3ccccc23)CCC1. The minimum atomic E-state index is -0.509. The highest BCUT2D eigenvalue weighted by Crippen LogP contribution is 2.50. The van der Waals surface area contributed by atoms with Crippen molar-refractivity contribution < 1.29 is 9.52 Å². The van der Waals surface area contributed by atoms with E-state index in [0.717, 1.165) is 35.8 Å². The number of para-hydroxylation sites is 1. The summed E-state index contributed by atoms with van der Waals surface area (Å²) in [6.45, 7) is 0.535. The van der Waals surface area contributed by atoms with Gasteiger partial charge in [-0.15, -0.1) is 0 Å². The predicted octanol–water partition coefficient (Wildman–Crippen LogP) is 2.60. The number of benzene rings is 1. The monoisotopic (exact) mass is 231 g/mol. The Bertz CT molecular complexity index is 522. The highest BCUT2D eigenvalue weighted by atomic mass is 16.3. The van der Waals surface area contributed by atoms with E-state index in [1.165, 1.54) is 0 Å². The van der Waals surface area contributed by atoms with Gasteiger partial charge in [0.15, 0.2) is 0 Å². The zero-order chi connectivity index (χ0) is 11.9. The standard InChI is InChI=1S/C14H17NO2/c15-9-14(6-3-7-14)13(16)11-8-17-12-5-2-1-4-10(11)12/h1-2,4-5,8,13,16H,3,6-7,9,15H2. The zero-order valence-electron chi connectivity index (χ0n) is 9.73. The molecule has 0 saturated heterocycles. The summed E-state index contributed by atoms with van der Waals surface area (Å²) in [4.78, 5) is 0. The van der Waals surface area contributed by atoms with Crippen molar-refractivity contribution in [2.75, 3.05) is 6.54 Å². The summed E-state index contributed by atoms with van der Waals surface area (Å²) in [5.74, 6) is 0. The fourth-order valence-electron chi connectivity index (χ4n) is 2.76. The van der Waals surface area contributed by atoms with Gasteiger partial charge >= 0.3 is 0 Å². The minimum absolute atomic E-state index is 0.132. The molecule has 1 fully saturated rings. The maximum Gasteiger partial charge on any atom is 0.134 e. The van der Waals surface area contributed by atoms with Crippen LogP contribution in [-0.2, 0) is 0 Å². The van der Waals surface area contributed by atoms with Crippen molar-refractivity contribution in [3.05, 3.63) is 36.1 Å². The average Bonchev–Trinajstić information content (AvgIpc) is 2.71. The van der Waals surface area contributed by atoms with Gasteiger partial charge in [0.25, 0.3) is 0 Å². The van der Waals surface area contributed by atoms with Crippen molar-refractivity contribution in [3.63, 3.8) is 0 Å². The van der Waals surface area contributed by atoms with E-state index in [0.29, 0.717) is 6.54 Å². The number of rotatable bonds is 3. The normalized spacial score (nSPS) is 20.1. The lowest BCUT2D eigenvalue weighted by atomic mass is 9.63. The number of nitrogens with two attached hydrogens (primary N) is 1. The average molecular weight is 231 g/mol. The summed E-state index contributed by atoms with van der Waals surface area (Å²) in [6.07, 6.45) is 4.33. The van der Waals surface area contributed by atoms with Crippen LogP contribution in [0.3, 0.4) is 0 Å². The molecule has 0 bridgehead atoms. The molecule has 1 aromatic carbocycles. The molecule has 0 aliphatic heterocycles. The van der Waals surface area contributed by atoms with E-state index < -0.39 is 6.10 Å². The molecule has 1 aliphatic rings. The van der Waals surface area contributed by atoms with Crippen LogP contribution < -0.4 is 5.73 Å². The van der Waals surface area contributed by atoms with Gasteiger partial charge in [-0.1, -0.05) is 24.6 Å². The van der Waals surface area contributed by atoms with Gasteiger partial charge in [0.05, 0.1) is 12.4 Å². The highest BCUT2D eigenvalue weighted by molar-refractivity contribution is 5.81. The van der Waals surface area contributed by atoms with E-state index in [1.54, 1.807) is 6.26 Å². The molecule has 1 atom stereocenters. The summed E-state index contributed by atoms with van der Waals surface area (Å²) in [5.41, 5.74) is 7.40. The third-order valence-corrected chi connectivity index (χ3v) is 4.14. The Balaban J connectivity index is 2.03. The zero-order valence-corrected chi connectivity index (χ0v) is 9.73. The number of aliphatic hydroxyl groups is 1. The maximum atomic E-state index is 10.5. The molecule has 1 unspecified atom stereocenters. The van der Waals surface area contributed by atoms with Gasteiger partial charge in [-0.3, -0.25) is 0 Å². The van der Waals surface area contributed by atoms with Crippen LogP contribution in [0.1, 0.15) is 30.9 Å². The van der Waals surface area contributed by atoms with Gasteiger partial charge in [0, 0.05) is 22.9 Å². The molecule has 1 aliphatic carbocycles. The second-order valence-corrected chi connectivity index (χ2v) is 5.01. The molecule has 1 heterocycles. The molecule has 17 heavy (non-hydrogen) atoms. The molecule has 1 aromatic heterocycles. The molecule has 3 nitrogen and oxygen atoms in total. The molecule has 2 aromatic rings. The van der Waals surface area contributed by atoms with Crippen LogP contribution in [0.2, 0.25) is 0 Å². The number of aliphatic hydroxyl groups excluding tert-OH is 1. The first-order valence-corrected chi connectivity index (χ1v) is 6.11. The summed E-state index contributed by atoms with van der Waals surface area (Å²) < 4.78 is 5.48. The predicted molar refractivity (Wildman–Crippen MR) is 66.5 cm³/mol. The van der Waals surface area contributed by atoms with Crippen LogP contribution in [0.5, 0.6) is 0 Å². The lowest BCUT2D eigenvalue weighted by molar-refractivity contribution is -0.0292.